The average molecular weight is 390 g/mol. The standard InChI is InChI=1S/C20H21ClFN3O2/c1-25-16(26)9-15(17(25)12-4-5-13(21)14(22)8-12)24-18(27)20(11-23)10-19(20)6-2-3-7-19/h4-5,8,15,17H,2-3,6-7,9-10H2,1H3,(H,24,27)/t15-,17-,20+/m0/s1. The van der Waals surface area contributed by atoms with Crippen LogP contribution in [0.2, 0.25) is 5.02 Å². The zero-order valence-electron chi connectivity index (χ0n) is 15.1. The van der Waals surface area contributed by atoms with Gasteiger partial charge in [-0.3, -0.25) is 9.59 Å². The Morgan fingerprint density at radius 2 is 2.11 bits per heavy atom. The van der Waals surface area contributed by atoms with Crippen LogP contribution in [0, 0.1) is 28.0 Å². The maximum Gasteiger partial charge on any atom is 0.241 e. The number of rotatable bonds is 3. The van der Waals surface area contributed by atoms with Crippen LogP contribution in [0.25, 0.3) is 0 Å². The minimum Gasteiger partial charge on any atom is -0.349 e. The van der Waals surface area contributed by atoms with Crippen LogP contribution in [0.4, 0.5) is 4.39 Å². The highest BCUT2D eigenvalue weighted by Crippen LogP contribution is 2.71. The summed E-state index contributed by atoms with van der Waals surface area (Å²) in [6.45, 7) is 0. The van der Waals surface area contributed by atoms with Gasteiger partial charge in [0.2, 0.25) is 11.8 Å². The molecular weight excluding hydrogens is 369 g/mol. The molecular formula is C20H21ClFN3O2. The summed E-state index contributed by atoms with van der Waals surface area (Å²) in [5.41, 5.74) is -0.598. The van der Waals surface area contributed by atoms with Gasteiger partial charge in [-0.05, 0) is 37.0 Å². The van der Waals surface area contributed by atoms with Gasteiger partial charge in [0.25, 0.3) is 0 Å². The summed E-state index contributed by atoms with van der Waals surface area (Å²) in [6.07, 6.45) is 4.64. The lowest BCUT2D eigenvalue weighted by molar-refractivity contribution is -0.127. The van der Waals surface area contributed by atoms with E-state index in [9.17, 15) is 19.2 Å². The quantitative estimate of drug-likeness (QED) is 0.861. The fourth-order valence-corrected chi connectivity index (χ4v) is 5.21. The second kappa shape index (κ2) is 6.20. The number of nitriles is 1. The number of carbonyl (C=O) groups excluding carboxylic acids is 2. The van der Waals surface area contributed by atoms with E-state index in [1.165, 1.54) is 17.0 Å². The Hall–Kier alpha value is -2.13. The van der Waals surface area contributed by atoms with E-state index in [1.807, 2.05) is 0 Å². The first-order chi connectivity index (χ1) is 12.8. The Bertz CT molecular complexity index is 861. The van der Waals surface area contributed by atoms with Crippen molar-refractivity contribution >= 4 is 23.4 Å². The second-order valence-corrected chi connectivity index (χ2v) is 8.50. The molecule has 4 rings (SSSR count). The lowest BCUT2D eigenvalue weighted by atomic mass is 9.90. The number of hydrogen-bond acceptors (Lipinski definition) is 3. The van der Waals surface area contributed by atoms with Crippen LogP contribution < -0.4 is 5.32 Å². The summed E-state index contributed by atoms with van der Waals surface area (Å²) in [5, 5.41) is 12.7. The lowest BCUT2D eigenvalue weighted by Gasteiger charge is -2.27. The molecule has 2 saturated carbocycles. The molecule has 1 spiro atoms. The van der Waals surface area contributed by atoms with Crippen molar-refractivity contribution in [2.75, 3.05) is 7.05 Å². The van der Waals surface area contributed by atoms with Crippen molar-refractivity contribution in [2.24, 2.45) is 10.8 Å². The fraction of sp³-hybridized carbons (Fsp3) is 0.550. The van der Waals surface area contributed by atoms with Gasteiger partial charge in [-0.15, -0.1) is 0 Å². The van der Waals surface area contributed by atoms with Crippen LogP contribution in [0.1, 0.15) is 50.1 Å². The van der Waals surface area contributed by atoms with Crippen LogP contribution >= 0.6 is 11.6 Å². The first-order valence-electron chi connectivity index (χ1n) is 9.26. The van der Waals surface area contributed by atoms with Gasteiger partial charge in [0.05, 0.1) is 23.2 Å². The van der Waals surface area contributed by atoms with Crippen LogP contribution in [0.3, 0.4) is 0 Å². The highest BCUT2D eigenvalue weighted by atomic mass is 35.5. The summed E-state index contributed by atoms with van der Waals surface area (Å²) in [5.74, 6) is -0.981. The average Bonchev–Trinajstić information content (AvgIpc) is 2.87. The Balaban J connectivity index is 1.58. The Kier molecular flexibility index (Phi) is 4.19. The molecule has 1 saturated heterocycles. The van der Waals surface area contributed by atoms with Crippen molar-refractivity contribution in [3.05, 3.63) is 34.6 Å². The van der Waals surface area contributed by atoms with E-state index in [0.29, 0.717) is 12.0 Å². The highest BCUT2D eigenvalue weighted by molar-refractivity contribution is 6.30. The predicted molar refractivity (Wildman–Crippen MR) is 97.0 cm³/mol. The smallest absolute Gasteiger partial charge is 0.241 e. The van der Waals surface area contributed by atoms with Crippen LogP contribution in [-0.4, -0.2) is 29.8 Å². The van der Waals surface area contributed by atoms with Crippen molar-refractivity contribution in [3.8, 4) is 6.07 Å². The third-order valence-electron chi connectivity index (χ3n) is 6.71. The molecule has 0 aromatic heterocycles. The molecule has 142 valence electrons. The molecule has 1 N–H and O–H groups in total. The number of nitrogens with zero attached hydrogens (tertiary/aromatic N) is 2. The van der Waals surface area contributed by atoms with E-state index in [1.54, 1.807) is 13.1 Å². The molecule has 1 aromatic carbocycles. The molecule has 2 aliphatic carbocycles. The van der Waals surface area contributed by atoms with Gasteiger partial charge in [-0.25, -0.2) is 4.39 Å². The minimum atomic E-state index is -0.983. The molecule has 5 nitrogen and oxygen atoms in total. The zero-order valence-corrected chi connectivity index (χ0v) is 15.9. The number of hydrogen-bond donors (Lipinski definition) is 1. The van der Waals surface area contributed by atoms with Gasteiger partial charge in [-0.2, -0.15) is 5.26 Å². The molecule has 0 bridgehead atoms. The Morgan fingerprint density at radius 3 is 2.74 bits per heavy atom. The number of nitrogens with one attached hydrogen (secondary N) is 1. The molecule has 7 heteroatoms. The second-order valence-electron chi connectivity index (χ2n) is 8.09. The molecule has 3 atom stereocenters. The Labute approximate surface area is 162 Å². The molecule has 27 heavy (non-hydrogen) atoms. The summed E-state index contributed by atoms with van der Waals surface area (Å²) >= 11 is 5.77. The topological polar surface area (TPSA) is 73.2 Å². The van der Waals surface area contributed by atoms with Gasteiger partial charge in [0, 0.05) is 18.9 Å². The molecule has 0 radical (unpaired) electrons. The van der Waals surface area contributed by atoms with E-state index in [4.69, 9.17) is 11.6 Å². The lowest BCUT2D eigenvalue weighted by Crippen LogP contribution is -2.43. The molecule has 1 heterocycles. The summed E-state index contributed by atoms with van der Waals surface area (Å²) < 4.78 is 13.9. The fourth-order valence-electron chi connectivity index (χ4n) is 5.09. The molecule has 3 aliphatic rings. The largest absolute Gasteiger partial charge is 0.349 e. The molecule has 1 aliphatic heterocycles. The number of likely N-dealkylation sites (tertiary alicyclic amines) is 1. The van der Waals surface area contributed by atoms with Gasteiger partial charge in [-0.1, -0.05) is 30.5 Å². The number of amides is 2. The molecule has 1 aromatic rings. The van der Waals surface area contributed by atoms with Crippen LogP contribution in [0.15, 0.2) is 18.2 Å². The minimum absolute atomic E-state index is 0.0101. The number of halogens is 2. The van der Waals surface area contributed by atoms with E-state index in [2.05, 4.69) is 11.4 Å². The normalized spacial score (nSPS) is 31.2. The van der Waals surface area contributed by atoms with Crippen molar-refractivity contribution in [3.63, 3.8) is 0 Å². The van der Waals surface area contributed by atoms with Crippen LogP contribution in [0.5, 0.6) is 0 Å². The van der Waals surface area contributed by atoms with E-state index >= 15 is 0 Å². The molecule has 3 fully saturated rings. The summed E-state index contributed by atoms with van der Waals surface area (Å²) in [6, 6.07) is 5.70. The van der Waals surface area contributed by atoms with E-state index < -0.39 is 23.3 Å². The van der Waals surface area contributed by atoms with Gasteiger partial charge in [0.15, 0.2) is 0 Å². The monoisotopic (exact) mass is 389 g/mol. The number of benzene rings is 1. The summed E-state index contributed by atoms with van der Waals surface area (Å²) in [4.78, 5) is 26.8. The van der Waals surface area contributed by atoms with Crippen molar-refractivity contribution < 1.29 is 14.0 Å². The highest BCUT2D eigenvalue weighted by Gasteiger charge is 2.73. The first kappa shape index (κ1) is 18.2. The third kappa shape index (κ3) is 2.63. The Morgan fingerprint density at radius 1 is 1.41 bits per heavy atom. The van der Waals surface area contributed by atoms with Crippen LogP contribution in [-0.2, 0) is 9.59 Å². The predicted octanol–water partition coefficient (Wildman–Crippen LogP) is 3.34. The van der Waals surface area contributed by atoms with Gasteiger partial charge in [0.1, 0.15) is 11.2 Å². The van der Waals surface area contributed by atoms with Gasteiger partial charge >= 0.3 is 0 Å². The van der Waals surface area contributed by atoms with E-state index in [0.717, 1.165) is 25.7 Å². The van der Waals surface area contributed by atoms with Crippen molar-refractivity contribution in [2.45, 2.75) is 50.6 Å². The maximum absolute atomic E-state index is 13.9. The third-order valence-corrected chi connectivity index (χ3v) is 7.02. The molecule has 0 unspecified atom stereocenters. The maximum atomic E-state index is 13.9. The first-order valence-corrected chi connectivity index (χ1v) is 9.64. The van der Waals surface area contributed by atoms with Crippen molar-refractivity contribution in [1.82, 2.24) is 10.2 Å². The zero-order chi connectivity index (χ0) is 19.4. The van der Waals surface area contributed by atoms with E-state index in [-0.39, 0.29) is 28.7 Å². The number of likely N-dealkylation sites (N-methyl/N-ethyl adjacent to an activating group) is 1. The number of carbonyl (C=O) groups is 2. The van der Waals surface area contributed by atoms with Gasteiger partial charge < -0.3 is 10.2 Å². The SMILES string of the molecule is CN1C(=O)C[C@H](NC(=O)[C@]2(C#N)CC23CCCC3)[C@@H]1c1ccc(Cl)c(F)c1. The molecule has 2 amide bonds. The summed E-state index contributed by atoms with van der Waals surface area (Å²) in [7, 11) is 1.64. The van der Waals surface area contributed by atoms with Crippen molar-refractivity contribution in [1.29, 1.82) is 5.26 Å².